The summed E-state index contributed by atoms with van der Waals surface area (Å²) in [5, 5.41) is 0. The number of hydrogen-bond acceptors (Lipinski definition) is 3. The lowest BCUT2D eigenvalue weighted by atomic mass is 10.0. The van der Waals surface area contributed by atoms with Crippen molar-refractivity contribution in [2.75, 3.05) is 6.61 Å². The zero-order valence-corrected chi connectivity index (χ0v) is 30.8. The molecule has 0 aliphatic carbocycles. The third-order valence-corrected chi connectivity index (χ3v) is 9.67. The van der Waals surface area contributed by atoms with Crippen molar-refractivity contribution in [3.63, 3.8) is 0 Å². The summed E-state index contributed by atoms with van der Waals surface area (Å²) in [6.45, 7) is 7.47. The first kappa shape index (κ1) is 39.5. The molecule has 1 unspecified atom stereocenters. The first-order valence-corrected chi connectivity index (χ1v) is 19.7. The Balaban J connectivity index is 1.27. The minimum Gasteiger partial charge on any atom is -0.423 e. The number of carbonyl (C=O) groups is 1. The summed E-state index contributed by atoms with van der Waals surface area (Å²) in [5.74, 6) is 0.359. The minimum atomic E-state index is -0.312. The first-order valence-electron chi connectivity index (χ1n) is 19.7. The molecule has 0 saturated carbocycles. The van der Waals surface area contributed by atoms with Crippen LogP contribution in [0.4, 0.5) is 0 Å². The zero-order valence-electron chi connectivity index (χ0n) is 30.8. The highest BCUT2D eigenvalue weighted by molar-refractivity contribution is 5.91. The van der Waals surface area contributed by atoms with Gasteiger partial charge in [-0.15, -0.1) is 0 Å². The topological polar surface area (TPSA) is 35.5 Å². The number of rotatable bonds is 27. The van der Waals surface area contributed by atoms with Crippen LogP contribution in [0.15, 0.2) is 72.8 Å². The number of esters is 1. The van der Waals surface area contributed by atoms with Crippen molar-refractivity contribution in [3.8, 4) is 16.9 Å². The molecule has 48 heavy (non-hydrogen) atoms. The fourth-order valence-corrected chi connectivity index (χ4v) is 6.46. The molecule has 3 aromatic rings. The highest BCUT2D eigenvalue weighted by Crippen LogP contribution is 2.26. The van der Waals surface area contributed by atoms with Crippen LogP contribution in [-0.2, 0) is 11.2 Å². The molecule has 3 aromatic carbocycles. The normalized spacial score (nSPS) is 11.9. The predicted molar refractivity (Wildman–Crippen MR) is 205 cm³/mol. The van der Waals surface area contributed by atoms with E-state index in [0.717, 1.165) is 42.6 Å². The van der Waals surface area contributed by atoms with Gasteiger partial charge in [0.1, 0.15) is 5.75 Å². The average Bonchev–Trinajstić information content (AvgIpc) is 3.12. The summed E-state index contributed by atoms with van der Waals surface area (Å²) in [6.07, 6.45) is 27.9. The zero-order chi connectivity index (χ0) is 34.1. The summed E-state index contributed by atoms with van der Waals surface area (Å²) >= 11 is 0. The fourth-order valence-electron chi connectivity index (χ4n) is 6.46. The lowest BCUT2D eigenvalue weighted by molar-refractivity contribution is 0.0627. The number of unbranched alkanes of at least 4 members (excludes halogenated alkanes) is 18. The monoisotopic (exact) mass is 655 g/mol. The van der Waals surface area contributed by atoms with Crippen LogP contribution in [0.25, 0.3) is 11.1 Å². The van der Waals surface area contributed by atoms with Crippen molar-refractivity contribution in [2.24, 2.45) is 0 Å². The molecular formula is C45H66O3. The van der Waals surface area contributed by atoms with Crippen molar-refractivity contribution in [2.45, 2.75) is 162 Å². The molecular weight excluding hydrogens is 588 g/mol. The maximum atomic E-state index is 12.9. The summed E-state index contributed by atoms with van der Waals surface area (Å²) in [5.41, 5.74) is 5.07. The largest absolute Gasteiger partial charge is 0.423 e. The molecule has 264 valence electrons. The second kappa shape index (κ2) is 25.1. The molecule has 0 aliphatic rings. The van der Waals surface area contributed by atoms with Gasteiger partial charge in [-0.05, 0) is 66.6 Å². The van der Waals surface area contributed by atoms with E-state index in [1.165, 1.54) is 121 Å². The van der Waals surface area contributed by atoms with E-state index in [2.05, 4.69) is 51.1 Å². The Bertz CT molecular complexity index is 1230. The molecule has 0 spiro atoms. The van der Waals surface area contributed by atoms with Crippen LogP contribution in [0.1, 0.15) is 177 Å². The van der Waals surface area contributed by atoms with Gasteiger partial charge in [0.25, 0.3) is 0 Å². The van der Waals surface area contributed by atoms with Crippen LogP contribution in [0.5, 0.6) is 5.75 Å². The Kier molecular flexibility index (Phi) is 20.7. The molecule has 3 rings (SSSR count). The molecule has 0 radical (unpaired) electrons. The van der Waals surface area contributed by atoms with Gasteiger partial charge in [-0.1, -0.05) is 184 Å². The Morgan fingerprint density at radius 3 is 1.54 bits per heavy atom. The standard InChI is InChI=1S/C45H66O3/c1-4-6-8-10-11-12-13-14-15-16-17-18-19-20-21-25-37-47-38(3)39-29-31-40(32-30-39)41-33-35-43(36-34-41)45(46)48-44-28-24-23-27-42(44)26-22-9-7-5-2/h23-24,27-36,38H,4-22,25-26,37H2,1-3H3. The van der Waals surface area contributed by atoms with Gasteiger partial charge in [0.2, 0.25) is 0 Å². The fraction of sp³-hybridized carbons (Fsp3) is 0.578. The van der Waals surface area contributed by atoms with Gasteiger partial charge in [-0.25, -0.2) is 4.79 Å². The van der Waals surface area contributed by atoms with Crippen LogP contribution in [0, 0.1) is 0 Å². The van der Waals surface area contributed by atoms with Gasteiger partial charge < -0.3 is 9.47 Å². The van der Waals surface area contributed by atoms with E-state index in [-0.39, 0.29) is 12.1 Å². The average molecular weight is 655 g/mol. The summed E-state index contributed by atoms with van der Waals surface area (Å²) in [6, 6.07) is 24.2. The Morgan fingerprint density at radius 2 is 1.00 bits per heavy atom. The SMILES string of the molecule is CCCCCCCCCCCCCCCCCCOC(C)c1ccc(-c2ccc(C(=O)Oc3ccccc3CCCCCC)cc2)cc1. The third kappa shape index (κ3) is 16.0. The lowest BCUT2D eigenvalue weighted by Gasteiger charge is -2.14. The molecule has 0 N–H and O–H groups in total. The number of hydrogen-bond donors (Lipinski definition) is 0. The van der Waals surface area contributed by atoms with Crippen molar-refractivity contribution in [1.29, 1.82) is 0 Å². The van der Waals surface area contributed by atoms with Gasteiger partial charge in [0, 0.05) is 6.61 Å². The maximum absolute atomic E-state index is 12.9. The molecule has 0 heterocycles. The number of aryl methyl sites for hydroxylation is 1. The van der Waals surface area contributed by atoms with Gasteiger partial charge in [0.05, 0.1) is 11.7 Å². The third-order valence-electron chi connectivity index (χ3n) is 9.67. The van der Waals surface area contributed by atoms with Crippen molar-refractivity contribution in [3.05, 3.63) is 89.5 Å². The quantitative estimate of drug-likeness (QED) is 0.0466. The van der Waals surface area contributed by atoms with Gasteiger partial charge in [-0.3, -0.25) is 0 Å². The molecule has 3 nitrogen and oxygen atoms in total. The van der Waals surface area contributed by atoms with Gasteiger partial charge >= 0.3 is 5.97 Å². The predicted octanol–water partition coefficient (Wildman–Crippen LogP) is 14.0. The lowest BCUT2D eigenvalue weighted by Crippen LogP contribution is -2.09. The van der Waals surface area contributed by atoms with Crippen LogP contribution in [-0.4, -0.2) is 12.6 Å². The van der Waals surface area contributed by atoms with Crippen molar-refractivity contribution in [1.82, 2.24) is 0 Å². The number of benzene rings is 3. The van der Waals surface area contributed by atoms with E-state index in [9.17, 15) is 4.79 Å². The molecule has 0 bridgehead atoms. The molecule has 0 aromatic heterocycles. The van der Waals surface area contributed by atoms with E-state index in [0.29, 0.717) is 11.3 Å². The van der Waals surface area contributed by atoms with Gasteiger partial charge in [-0.2, -0.15) is 0 Å². The molecule has 0 fully saturated rings. The molecule has 1 atom stereocenters. The van der Waals surface area contributed by atoms with E-state index in [1.54, 1.807) is 0 Å². The Morgan fingerprint density at radius 1 is 0.542 bits per heavy atom. The molecule has 0 amide bonds. The van der Waals surface area contributed by atoms with Crippen LogP contribution in [0.3, 0.4) is 0 Å². The Hall–Kier alpha value is -2.91. The maximum Gasteiger partial charge on any atom is 0.343 e. The highest BCUT2D eigenvalue weighted by atomic mass is 16.5. The van der Waals surface area contributed by atoms with Crippen LogP contribution >= 0.6 is 0 Å². The smallest absolute Gasteiger partial charge is 0.343 e. The van der Waals surface area contributed by atoms with E-state index >= 15 is 0 Å². The van der Waals surface area contributed by atoms with Crippen LogP contribution < -0.4 is 4.74 Å². The Labute approximate surface area is 294 Å². The summed E-state index contributed by atoms with van der Waals surface area (Å²) in [7, 11) is 0. The second-order valence-electron chi connectivity index (χ2n) is 13.8. The number of para-hydroxylation sites is 1. The molecule has 0 aliphatic heterocycles. The molecule has 0 saturated heterocycles. The second-order valence-corrected chi connectivity index (χ2v) is 13.8. The first-order chi connectivity index (χ1) is 23.6. The van der Waals surface area contributed by atoms with E-state index in [4.69, 9.17) is 9.47 Å². The summed E-state index contributed by atoms with van der Waals surface area (Å²) in [4.78, 5) is 12.9. The minimum absolute atomic E-state index is 0.0852. The van der Waals surface area contributed by atoms with Crippen LogP contribution in [0.2, 0.25) is 0 Å². The number of ether oxygens (including phenoxy) is 2. The van der Waals surface area contributed by atoms with Gasteiger partial charge in [0.15, 0.2) is 0 Å². The summed E-state index contributed by atoms with van der Waals surface area (Å²) < 4.78 is 12.0. The van der Waals surface area contributed by atoms with E-state index < -0.39 is 0 Å². The van der Waals surface area contributed by atoms with Crippen molar-refractivity contribution >= 4 is 5.97 Å². The van der Waals surface area contributed by atoms with Crippen molar-refractivity contribution < 1.29 is 14.3 Å². The molecule has 3 heteroatoms. The highest BCUT2D eigenvalue weighted by Gasteiger charge is 2.12. The van der Waals surface area contributed by atoms with E-state index in [1.807, 2.05) is 42.5 Å². The number of carbonyl (C=O) groups excluding carboxylic acids is 1.